The quantitative estimate of drug-likeness (QED) is 0.377. The maximum atomic E-state index is 9.92. The summed E-state index contributed by atoms with van der Waals surface area (Å²) in [7, 11) is 2.22. The molecule has 0 radical (unpaired) electrons. The van der Waals surface area contributed by atoms with Crippen molar-refractivity contribution in [1.82, 2.24) is 0 Å². The Hall–Kier alpha value is -1.92. The van der Waals surface area contributed by atoms with Crippen molar-refractivity contribution in [1.29, 1.82) is 5.26 Å². The first-order valence-corrected chi connectivity index (χ1v) is 11.6. The summed E-state index contributed by atoms with van der Waals surface area (Å²) in [6.45, 7) is 9.63. The second-order valence-corrected chi connectivity index (χ2v) is 8.86. The van der Waals surface area contributed by atoms with Gasteiger partial charge in [0.15, 0.2) is 0 Å². The van der Waals surface area contributed by atoms with Crippen molar-refractivity contribution < 1.29 is 24.3 Å². The maximum absolute atomic E-state index is 9.92. The van der Waals surface area contributed by atoms with Gasteiger partial charge < -0.3 is 29.9 Å². The monoisotopic (exact) mass is 417 g/mol. The zero-order valence-corrected chi connectivity index (χ0v) is 18.2. The van der Waals surface area contributed by atoms with Crippen LogP contribution in [0, 0.1) is 11.3 Å². The molecule has 3 aliphatic rings. The third kappa shape index (κ3) is 5.22. The summed E-state index contributed by atoms with van der Waals surface area (Å²) in [5.74, 6) is 1.92. The average Bonchev–Trinajstić information content (AvgIpc) is 3.29. The lowest BCUT2D eigenvalue weighted by atomic mass is 9.96. The third-order valence-corrected chi connectivity index (χ3v) is 6.60. The molecule has 0 spiro atoms. The first-order chi connectivity index (χ1) is 14.7. The number of anilines is 2. The molecule has 2 atom stereocenters. The third-order valence-electron chi connectivity index (χ3n) is 6.60. The summed E-state index contributed by atoms with van der Waals surface area (Å²) in [5.41, 5.74) is 3.26. The van der Waals surface area contributed by atoms with Crippen LogP contribution in [-0.4, -0.2) is 72.2 Å². The smallest absolute Gasteiger partial charge is 0.237 e. The van der Waals surface area contributed by atoms with Crippen molar-refractivity contribution in [2.24, 2.45) is 0 Å². The molecule has 0 aliphatic carbocycles. The molecule has 0 bridgehead atoms. The van der Waals surface area contributed by atoms with Crippen molar-refractivity contribution in [2.45, 2.75) is 38.3 Å². The van der Waals surface area contributed by atoms with Crippen molar-refractivity contribution in [3.05, 3.63) is 16.7 Å². The van der Waals surface area contributed by atoms with Gasteiger partial charge in [0.05, 0.1) is 58.1 Å². The van der Waals surface area contributed by atoms with Crippen LogP contribution in [0.3, 0.4) is 0 Å². The summed E-state index contributed by atoms with van der Waals surface area (Å²) in [4.78, 5) is 6.63. The van der Waals surface area contributed by atoms with E-state index in [1.165, 1.54) is 16.0 Å². The van der Waals surface area contributed by atoms with Crippen LogP contribution in [0.15, 0.2) is 0 Å². The minimum Gasteiger partial charge on any atom is -0.375 e. The molecule has 2 fully saturated rings. The SMILES string of the molecule is C[NH+]1CCc2c(C#N)c(NCCC[NH+]3CCOCC3)[nH+]c(NC[C@H]3CCCO3)c2C1. The highest BCUT2D eigenvalue weighted by molar-refractivity contribution is 5.60. The molecular formula is C22H37N6O2+3. The van der Waals surface area contributed by atoms with E-state index in [1.807, 2.05) is 0 Å². The summed E-state index contributed by atoms with van der Waals surface area (Å²) in [6.07, 6.45) is 4.57. The van der Waals surface area contributed by atoms with Crippen LogP contribution in [-0.2, 0) is 22.4 Å². The number of nitrogens with one attached hydrogen (secondary N) is 5. The van der Waals surface area contributed by atoms with Gasteiger partial charge in [-0.25, -0.2) is 4.98 Å². The fourth-order valence-corrected chi connectivity index (χ4v) is 4.81. The van der Waals surface area contributed by atoms with Crippen molar-refractivity contribution in [3.8, 4) is 6.07 Å². The van der Waals surface area contributed by atoms with Crippen molar-refractivity contribution in [3.63, 3.8) is 0 Å². The summed E-state index contributed by atoms with van der Waals surface area (Å²) in [6, 6.07) is 2.48. The van der Waals surface area contributed by atoms with E-state index in [0.717, 1.165) is 109 Å². The Morgan fingerprint density at radius 2 is 2.00 bits per heavy atom. The van der Waals surface area contributed by atoms with Crippen LogP contribution in [0.1, 0.15) is 36.0 Å². The normalized spacial score (nSPS) is 24.3. The number of hydrogen-bond donors (Lipinski definition) is 4. The Morgan fingerprint density at radius 1 is 1.13 bits per heavy atom. The molecule has 4 heterocycles. The zero-order chi connectivity index (χ0) is 20.8. The van der Waals surface area contributed by atoms with Gasteiger partial charge >= 0.3 is 0 Å². The number of likely N-dealkylation sites (N-methyl/N-ethyl adjacent to an activating group) is 1. The fourth-order valence-electron chi connectivity index (χ4n) is 4.81. The van der Waals surface area contributed by atoms with Gasteiger partial charge in [0.1, 0.15) is 31.3 Å². The number of hydrogen-bond acceptors (Lipinski definition) is 5. The van der Waals surface area contributed by atoms with Crippen LogP contribution in [0.2, 0.25) is 0 Å². The number of morpholine rings is 1. The lowest BCUT2D eigenvalue weighted by molar-refractivity contribution is -0.908. The van der Waals surface area contributed by atoms with Crippen LogP contribution < -0.4 is 25.4 Å². The molecule has 30 heavy (non-hydrogen) atoms. The van der Waals surface area contributed by atoms with E-state index in [4.69, 9.17) is 9.47 Å². The molecule has 8 heteroatoms. The maximum Gasteiger partial charge on any atom is 0.237 e. The Balaban J connectivity index is 1.45. The van der Waals surface area contributed by atoms with Gasteiger partial charge in [0.2, 0.25) is 11.6 Å². The molecule has 4 rings (SSSR count). The van der Waals surface area contributed by atoms with Crippen molar-refractivity contribution in [2.75, 3.05) is 76.8 Å². The number of aromatic amines is 1. The number of quaternary nitrogens is 2. The van der Waals surface area contributed by atoms with Gasteiger partial charge in [0, 0.05) is 19.4 Å². The molecule has 2 saturated heterocycles. The highest BCUT2D eigenvalue weighted by atomic mass is 16.5. The molecule has 0 amide bonds. The van der Waals surface area contributed by atoms with Gasteiger partial charge in [-0.3, -0.25) is 0 Å². The Labute approximate surface area is 179 Å². The number of rotatable bonds is 8. The molecule has 0 saturated carbocycles. The van der Waals surface area contributed by atoms with Gasteiger partial charge in [0.25, 0.3) is 0 Å². The number of H-pyrrole nitrogens is 1. The van der Waals surface area contributed by atoms with Gasteiger partial charge in [-0.1, -0.05) is 0 Å². The predicted octanol–water partition coefficient (Wildman–Crippen LogP) is -1.75. The van der Waals surface area contributed by atoms with Crippen molar-refractivity contribution >= 4 is 11.6 Å². The minimum atomic E-state index is 0.284. The first-order valence-electron chi connectivity index (χ1n) is 11.6. The Morgan fingerprint density at radius 3 is 2.77 bits per heavy atom. The lowest BCUT2D eigenvalue weighted by Gasteiger charge is -2.25. The van der Waals surface area contributed by atoms with Crippen LogP contribution >= 0.6 is 0 Å². The van der Waals surface area contributed by atoms with Gasteiger partial charge in [-0.2, -0.15) is 5.26 Å². The number of nitrogens with zero attached hydrogens (tertiary/aromatic N) is 1. The molecule has 1 aromatic rings. The highest BCUT2D eigenvalue weighted by Gasteiger charge is 2.29. The van der Waals surface area contributed by atoms with E-state index in [1.54, 1.807) is 4.90 Å². The molecular weight excluding hydrogens is 380 g/mol. The highest BCUT2D eigenvalue weighted by Crippen LogP contribution is 2.26. The molecule has 0 aromatic carbocycles. The zero-order valence-electron chi connectivity index (χ0n) is 18.2. The molecule has 3 aliphatic heterocycles. The topological polar surface area (TPSA) is 89.3 Å². The van der Waals surface area contributed by atoms with Crippen LogP contribution in [0.4, 0.5) is 11.6 Å². The second kappa shape index (κ2) is 10.4. The van der Waals surface area contributed by atoms with E-state index in [0.29, 0.717) is 0 Å². The molecule has 1 aromatic heterocycles. The molecule has 8 nitrogen and oxygen atoms in total. The summed E-state index contributed by atoms with van der Waals surface area (Å²) in [5, 5.41) is 17.1. The number of fused-ring (bicyclic) bond motifs is 1. The Kier molecular flexibility index (Phi) is 7.39. The van der Waals surface area contributed by atoms with E-state index in [-0.39, 0.29) is 6.10 Å². The van der Waals surface area contributed by atoms with E-state index >= 15 is 0 Å². The largest absolute Gasteiger partial charge is 0.375 e. The van der Waals surface area contributed by atoms with Crippen LogP contribution in [0.25, 0.3) is 0 Å². The minimum absolute atomic E-state index is 0.284. The average molecular weight is 418 g/mol. The summed E-state index contributed by atoms with van der Waals surface area (Å²) < 4.78 is 11.2. The number of nitriles is 1. The standard InChI is InChI=1S/C22H34N6O2/c1-27-8-5-18-19(14-23)21(24-6-3-7-28-9-12-29-13-10-28)26-22(20(18)16-27)25-15-17-4-2-11-30-17/h17H,2-13,15-16H2,1H3,(H2,24,25,26)/p+3/t17-/m1/s1. The molecule has 5 N–H and O–H groups in total. The predicted molar refractivity (Wildman–Crippen MR) is 114 cm³/mol. The van der Waals surface area contributed by atoms with E-state index < -0.39 is 0 Å². The lowest BCUT2D eigenvalue weighted by Crippen LogP contribution is -3.14. The van der Waals surface area contributed by atoms with Gasteiger partial charge in [-0.15, -0.1) is 0 Å². The number of ether oxygens (including phenoxy) is 2. The Bertz CT molecular complexity index is 753. The number of aromatic nitrogens is 1. The van der Waals surface area contributed by atoms with E-state index in [9.17, 15) is 5.26 Å². The molecule has 164 valence electrons. The summed E-state index contributed by atoms with van der Waals surface area (Å²) >= 11 is 0. The second-order valence-electron chi connectivity index (χ2n) is 8.86. The number of pyridine rings is 1. The molecule has 1 unspecified atom stereocenters. The first kappa shape index (κ1) is 21.3. The fraction of sp³-hybridized carbons (Fsp3) is 0.727. The van der Waals surface area contributed by atoms with E-state index in [2.05, 4.69) is 28.7 Å². The van der Waals surface area contributed by atoms with Gasteiger partial charge in [-0.05, 0) is 18.4 Å². The van der Waals surface area contributed by atoms with Crippen LogP contribution in [0.5, 0.6) is 0 Å².